The second-order valence-electron chi connectivity index (χ2n) is 4.75. The van der Waals surface area contributed by atoms with Crippen LogP contribution in [-0.4, -0.2) is 17.0 Å². The Bertz CT molecular complexity index is 617. The third kappa shape index (κ3) is 4.46. The minimum atomic E-state index is -0.581. The van der Waals surface area contributed by atoms with E-state index in [1.807, 2.05) is 25.1 Å². The number of hydrogen-bond donors (Lipinski definition) is 1. The normalized spacial score (nSPS) is 11.8. The lowest BCUT2D eigenvalue weighted by Crippen LogP contribution is -2.35. The zero-order valence-electron chi connectivity index (χ0n) is 12.0. The van der Waals surface area contributed by atoms with Gasteiger partial charge in [0.15, 0.2) is 6.10 Å². The average Bonchev–Trinajstić information content (AvgIpc) is 2.49. The van der Waals surface area contributed by atoms with Crippen molar-refractivity contribution >= 4 is 17.5 Å². The van der Waals surface area contributed by atoms with Crippen molar-refractivity contribution in [3.8, 4) is 5.75 Å². The van der Waals surface area contributed by atoms with Gasteiger partial charge in [0, 0.05) is 24.0 Å². The molecule has 0 bridgehead atoms. The molecule has 0 saturated carbocycles. The monoisotopic (exact) mass is 304 g/mol. The number of aryl methyl sites for hydroxylation is 1. The molecule has 0 fully saturated rings. The number of hydrogen-bond acceptors (Lipinski definition) is 3. The van der Waals surface area contributed by atoms with Crippen molar-refractivity contribution in [3.63, 3.8) is 0 Å². The van der Waals surface area contributed by atoms with Crippen LogP contribution in [0.3, 0.4) is 0 Å². The van der Waals surface area contributed by atoms with Gasteiger partial charge in [-0.15, -0.1) is 0 Å². The number of halogens is 1. The Morgan fingerprint density at radius 2 is 2.24 bits per heavy atom. The van der Waals surface area contributed by atoms with E-state index in [1.54, 1.807) is 31.5 Å². The molecule has 1 amide bonds. The number of benzene rings is 1. The van der Waals surface area contributed by atoms with E-state index in [9.17, 15) is 4.79 Å². The van der Waals surface area contributed by atoms with Crippen molar-refractivity contribution in [1.29, 1.82) is 0 Å². The van der Waals surface area contributed by atoms with Crippen molar-refractivity contribution in [2.75, 3.05) is 0 Å². The zero-order chi connectivity index (χ0) is 15.2. The minimum absolute atomic E-state index is 0.175. The Morgan fingerprint density at radius 1 is 1.43 bits per heavy atom. The number of pyridine rings is 1. The number of carbonyl (C=O) groups is 1. The van der Waals surface area contributed by atoms with Gasteiger partial charge in [-0.25, -0.2) is 0 Å². The van der Waals surface area contributed by atoms with Gasteiger partial charge in [0.1, 0.15) is 5.75 Å². The van der Waals surface area contributed by atoms with Crippen molar-refractivity contribution < 1.29 is 9.53 Å². The van der Waals surface area contributed by atoms with Crippen LogP contribution in [-0.2, 0) is 11.3 Å². The van der Waals surface area contributed by atoms with E-state index >= 15 is 0 Å². The van der Waals surface area contributed by atoms with Crippen LogP contribution in [0.1, 0.15) is 18.1 Å². The Morgan fingerprint density at radius 3 is 2.90 bits per heavy atom. The van der Waals surface area contributed by atoms with E-state index in [1.165, 1.54) is 0 Å². The van der Waals surface area contributed by atoms with Gasteiger partial charge in [-0.3, -0.25) is 9.78 Å². The van der Waals surface area contributed by atoms with Gasteiger partial charge in [-0.1, -0.05) is 17.7 Å². The number of ether oxygens (including phenoxy) is 1. The number of nitrogens with one attached hydrogen (secondary N) is 1. The molecule has 0 aliphatic heterocycles. The summed E-state index contributed by atoms with van der Waals surface area (Å²) in [5, 5.41) is 3.49. The minimum Gasteiger partial charge on any atom is -0.481 e. The predicted octanol–water partition coefficient (Wildman–Crippen LogP) is 3.13. The molecule has 0 radical (unpaired) electrons. The molecule has 0 aliphatic carbocycles. The molecule has 0 spiro atoms. The highest BCUT2D eigenvalue weighted by atomic mass is 35.5. The highest BCUT2D eigenvalue weighted by molar-refractivity contribution is 6.31. The molecule has 2 aromatic rings. The number of rotatable bonds is 5. The first-order chi connectivity index (χ1) is 10.1. The van der Waals surface area contributed by atoms with Crippen LogP contribution in [0.25, 0.3) is 0 Å². The van der Waals surface area contributed by atoms with Crippen molar-refractivity contribution in [1.82, 2.24) is 10.3 Å². The number of amides is 1. The maximum Gasteiger partial charge on any atom is 0.261 e. The van der Waals surface area contributed by atoms with E-state index in [0.29, 0.717) is 17.3 Å². The zero-order valence-corrected chi connectivity index (χ0v) is 12.7. The van der Waals surface area contributed by atoms with Crippen LogP contribution in [0, 0.1) is 6.92 Å². The SMILES string of the molecule is Cc1cc(O[C@@H](C)C(=O)NCc2cccnc2)ccc1Cl. The summed E-state index contributed by atoms with van der Waals surface area (Å²) < 4.78 is 5.61. The molecular formula is C16H17ClN2O2. The molecule has 2 rings (SSSR count). The molecule has 0 aliphatic rings. The summed E-state index contributed by atoms with van der Waals surface area (Å²) >= 11 is 5.96. The van der Waals surface area contributed by atoms with Gasteiger partial charge in [-0.2, -0.15) is 0 Å². The second kappa shape index (κ2) is 7.09. The highest BCUT2D eigenvalue weighted by Gasteiger charge is 2.14. The quantitative estimate of drug-likeness (QED) is 0.923. The second-order valence-corrected chi connectivity index (χ2v) is 5.16. The molecular weight excluding hydrogens is 288 g/mol. The maximum absolute atomic E-state index is 12.0. The summed E-state index contributed by atoms with van der Waals surface area (Å²) in [5.74, 6) is 0.451. The largest absolute Gasteiger partial charge is 0.481 e. The van der Waals surface area contributed by atoms with Gasteiger partial charge in [0.25, 0.3) is 5.91 Å². The highest BCUT2D eigenvalue weighted by Crippen LogP contribution is 2.21. The number of nitrogens with zero attached hydrogens (tertiary/aromatic N) is 1. The lowest BCUT2D eigenvalue weighted by molar-refractivity contribution is -0.127. The summed E-state index contributed by atoms with van der Waals surface area (Å²) in [4.78, 5) is 16.0. The first kappa shape index (κ1) is 15.3. The molecule has 1 aromatic heterocycles. The fraction of sp³-hybridized carbons (Fsp3) is 0.250. The molecule has 1 aromatic carbocycles. The van der Waals surface area contributed by atoms with E-state index in [4.69, 9.17) is 16.3 Å². The van der Waals surface area contributed by atoms with Gasteiger partial charge in [-0.05, 0) is 49.2 Å². The van der Waals surface area contributed by atoms with Gasteiger partial charge in [0.2, 0.25) is 0 Å². The third-order valence-corrected chi connectivity index (χ3v) is 3.43. The summed E-state index contributed by atoms with van der Waals surface area (Å²) in [6, 6.07) is 9.05. The van der Waals surface area contributed by atoms with Gasteiger partial charge < -0.3 is 10.1 Å². The van der Waals surface area contributed by atoms with Crippen LogP contribution in [0.4, 0.5) is 0 Å². The molecule has 1 heterocycles. The molecule has 4 nitrogen and oxygen atoms in total. The van der Waals surface area contributed by atoms with Gasteiger partial charge in [0.05, 0.1) is 0 Å². The van der Waals surface area contributed by atoms with Crippen molar-refractivity contribution in [2.24, 2.45) is 0 Å². The van der Waals surface area contributed by atoms with Crippen molar-refractivity contribution in [2.45, 2.75) is 26.5 Å². The van der Waals surface area contributed by atoms with Crippen LogP contribution in [0.5, 0.6) is 5.75 Å². The van der Waals surface area contributed by atoms with Crippen molar-refractivity contribution in [3.05, 3.63) is 58.9 Å². The summed E-state index contributed by atoms with van der Waals surface area (Å²) in [6.07, 6.45) is 2.83. The average molecular weight is 305 g/mol. The standard InChI is InChI=1S/C16H17ClN2O2/c1-11-8-14(5-6-15(11)17)21-12(2)16(20)19-10-13-4-3-7-18-9-13/h3-9,12H,10H2,1-2H3,(H,19,20)/t12-/m0/s1. The Kier molecular flexibility index (Phi) is 5.17. The van der Waals surface area contributed by atoms with E-state index in [-0.39, 0.29) is 5.91 Å². The van der Waals surface area contributed by atoms with E-state index in [2.05, 4.69) is 10.3 Å². The summed E-state index contributed by atoms with van der Waals surface area (Å²) in [6.45, 7) is 4.03. The lowest BCUT2D eigenvalue weighted by Gasteiger charge is -2.15. The van der Waals surface area contributed by atoms with Crippen LogP contribution in [0.15, 0.2) is 42.7 Å². The number of carbonyl (C=O) groups excluding carboxylic acids is 1. The molecule has 1 N–H and O–H groups in total. The van der Waals surface area contributed by atoms with E-state index < -0.39 is 6.10 Å². The first-order valence-corrected chi connectivity index (χ1v) is 7.03. The molecule has 21 heavy (non-hydrogen) atoms. The smallest absolute Gasteiger partial charge is 0.261 e. The van der Waals surface area contributed by atoms with Crippen LogP contribution in [0.2, 0.25) is 5.02 Å². The first-order valence-electron chi connectivity index (χ1n) is 6.65. The third-order valence-electron chi connectivity index (χ3n) is 3.00. The fourth-order valence-electron chi connectivity index (χ4n) is 1.78. The Balaban J connectivity index is 1.88. The van der Waals surface area contributed by atoms with Crippen LogP contribution >= 0.6 is 11.6 Å². The summed E-state index contributed by atoms with van der Waals surface area (Å²) in [7, 11) is 0. The Labute approximate surface area is 129 Å². The van der Waals surface area contributed by atoms with E-state index in [0.717, 1.165) is 11.1 Å². The molecule has 5 heteroatoms. The predicted molar refractivity (Wildman–Crippen MR) is 82.4 cm³/mol. The number of aromatic nitrogens is 1. The Hall–Kier alpha value is -2.07. The lowest BCUT2D eigenvalue weighted by atomic mass is 10.2. The fourth-order valence-corrected chi connectivity index (χ4v) is 1.90. The topological polar surface area (TPSA) is 51.2 Å². The molecule has 0 saturated heterocycles. The molecule has 110 valence electrons. The maximum atomic E-state index is 12.0. The summed E-state index contributed by atoms with van der Waals surface area (Å²) in [5.41, 5.74) is 1.86. The van der Waals surface area contributed by atoms with Gasteiger partial charge >= 0.3 is 0 Å². The molecule has 0 unspecified atom stereocenters. The molecule has 1 atom stereocenters. The van der Waals surface area contributed by atoms with Crippen LogP contribution < -0.4 is 10.1 Å².